The lowest BCUT2D eigenvalue weighted by Crippen LogP contribution is -2.59. The van der Waals surface area contributed by atoms with Crippen molar-refractivity contribution < 1.29 is 31.6 Å². The molecule has 0 aliphatic carbocycles. The van der Waals surface area contributed by atoms with Gasteiger partial charge in [0.15, 0.2) is 5.79 Å². The van der Waals surface area contributed by atoms with Crippen molar-refractivity contribution >= 4 is 16.0 Å². The minimum absolute atomic E-state index is 0.101. The summed E-state index contributed by atoms with van der Waals surface area (Å²) < 4.78 is 45.5. The first-order chi connectivity index (χ1) is 10.0. The number of hydrogen-bond acceptors (Lipinski definition) is 7. The van der Waals surface area contributed by atoms with Gasteiger partial charge in [0.25, 0.3) is 10.1 Å². The van der Waals surface area contributed by atoms with Crippen LogP contribution >= 0.6 is 0 Å². The van der Waals surface area contributed by atoms with E-state index in [0.717, 1.165) is 6.26 Å². The second kappa shape index (κ2) is 4.88. The van der Waals surface area contributed by atoms with Crippen molar-refractivity contribution in [2.45, 2.75) is 50.5 Å². The summed E-state index contributed by atoms with van der Waals surface area (Å²) >= 11 is 0. The van der Waals surface area contributed by atoms with Gasteiger partial charge in [-0.2, -0.15) is 8.42 Å². The average molecular weight is 335 g/mol. The molecule has 0 unspecified atom stereocenters. The lowest BCUT2D eigenvalue weighted by atomic mass is 9.96. The maximum Gasteiger partial charge on any atom is 0.264 e. The van der Waals surface area contributed by atoms with E-state index in [-0.39, 0.29) is 31.3 Å². The molecular formula is C13H21NO7S. The quantitative estimate of drug-likeness (QED) is 0.641. The van der Waals surface area contributed by atoms with E-state index in [1.54, 1.807) is 18.7 Å². The first-order valence-electron chi connectivity index (χ1n) is 7.15. The summed E-state index contributed by atoms with van der Waals surface area (Å²) in [7, 11) is -3.63. The molecule has 0 saturated carbocycles. The molecule has 9 heteroatoms. The highest BCUT2D eigenvalue weighted by molar-refractivity contribution is 7.85. The van der Waals surface area contributed by atoms with Gasteiger partial charge in [-0.1, -0.05) is 0 Å². The Bertz CT molecular complexity index is 589. The molecule has 3 fully saturated rings. The van der Waals surface area contributed by atoms with E-state index in [0.29, 0.717) is 6.54 Å². The predicted octanol–water partition coefficient (Wildman–Crippen LogP) is -0.518. The topological polar surface area (TPSA) is 91.4 Å². The third kappa shape index (κ3) is 2.76. The monoisotopic (exact) mass is 335 g/mol. The van der Waals surface area contributed by atoms with Gasteiger partial charge in [-0.05, 0) is 13.8 Å². The zero-order chi connectivity index (χ0) is 16.3. The van der Waals surface area contributed by atoms with Crippen LogP contribution in [0.25, 0.3) is 0 Å². The fraction of sp³-hybridized carbons (Fsp3) is 0.923. The molecule has 2 bridgehead atoms. The SMILES string of the molecule is CC(=O)N1C[C@H]2O[C@@](COS(C)(=O)=O)(C1)[C@@H]1OC(C)(C)O[C@@H]12. The number of carbonyl (C=O) groups excluding carboxylic acids is 1. The largest absolute Gasteiger partial charge is 0.360 e. The molecule has 0 N–H and O–H groups in total. The van der Waals surface area contributed by atoms with Gasteiger partial charge in [0.1, 0.15) is 23.9 Å². The number of hydrogen-bond donors (Lipinski definition) is 0. The van der Waals surface area contributed by atoms with Crippen LogP contribution in [0.2, 0.25) is 0 Å². The first kappa shape index (κ1) is 16.1. The summed E-state index contributed by atoms with van der Waals surface area (Å²) in [5.74, 6) is -0.872. The summed E-state index contributed by atoms with van der Waals surface area (Å²) in [6.45, 7) is 5.49. The smallest absolute Gasteiger partial charge is 0.264 e. The second-order valence-electron chi connectivity index (χ2n) is 6.61. The van der Waals surface area contributed by atoms with Crippen LogP contribution in [-0.4, -0.2) is 74.9 Å². The number of morpholine rings is 1. The van der Waals surface area contributed by atoms with E-state index in [2.05, 4.69) is 0 Å². The van der Waals surface area contributed by atoms with E-state index in [9.17, 15) is 13.2 Å². The Kier molecular flexibility index (Phi) is 3.57. The molecule has 3 aliphatic rings. The van der Waals surface area contributed by atoms with Gasteiger partial charge in [0, 0.05) is 13.5 Å². The number of rotatable bonds is 3. The van der Waals surface area contributed by atoms with E-state index in [4.69, 9.17) is 18.4 Å². The van der Waals surface area contributed by atoms with Crippen molar-refractivity contribution in [3.05, 3.63) is 0 Å². The van der Waals surface area contributed by atoms with Gasteiger partial charge >= 0.3 is 0 Å². The van der Waals surface area contributed by atoms with E-state index < -0.39 is 27.6 Å². The van der Waals surface area contributed by atoms with Crippen molar-refractivity contribution in [2.24, 2.45) is 0 Å². The first-order valence-corrected chi connectivity index (χ1v) is 8.96. The maximum atomic E-state index is 11.7. The Morgan fingerprint density at radius 2 is 2.00 bits per heavy atom. The van der Waals surface area contributed by atoms with Crippen molar-refractivity contribution in [1.82, 2.24) is 4.90 Å². The Hall–Kier alpha value is -0.740. The van der Waals surface area contributed by atoms with Gasteiger partial charge in [-0.3, -0.25) is 8.98 Å². The molecule has 3 rings (SSSR count). The highest BCUT2D eigenvalue weighted by Crippen LogP contribution is 2.47. The number of ether oxygens (including phenoxy) is 3. The van der Waals surface area contributed by atoms with Crippen LogP contribution in [0.5, 0.6) is 0 Å². The molecule has 0 spiro atoms. The highest BCUT2D eigenvalue weighted by atomic mass is 32.2. The summed E-state index contributed by atoms with van der Waals surface area (Å²) in [6, 6.07) is 0. The molecular weight excluding hydrogens is 314 g/mol. The Balaban J connectivity index is 1.90. The van der Waals surface area contributed by atoms with Gasteiger partial charge in [0.2, 0.25) is 5.91 Å². The average Bonchev–Trinajstić information content (AvgIpc) is 2.79. The van der Waals surface area contributed by atoms with Crippen molar-refractivity contribution in [3.8, 4) is 0 Å². The summed E-state index contributed by atoms with van der Waals surface area (Å²) in [5, 5.41) is 0. The van der Waals surface area contributed by atoms with Gasteiger partial charge in [0.05, 0.1) is 19.4 Å². The van der Waals surface area contributed by atoms with Crippen LogP contribution in [0.15, 0.2) is 0 Å². The zero-order valence-electron chi connectivity index (χ0n) is 13.1. The molecule has 4 atom stereocenters. The number of amides is 1. The van der Waals surface area contributed by atoms with Crippen LogP contribution in [0.1, 0.15) is 20.8 Å². The summed E-state index contributed by atoms with van der Waals surface area (Å²) in [6.07, 6.45) is -0.191. The van der Waals surface area contributed by atoms with Crippen LogP contribution in [0.4, 0.5) is 0 Å². The molecule has 0 aromatic rings. The zero-order valence-corrected chi connectivity index (χ0v) is 13.9. The molecule has 1 amide bonds. The molecule has 8 nitrogen and oxygen atoms in total. The molecule has 3 aliphatic heterocycles. The van der Waals surface area contributed by atoms with Crippen LogP contribution in [0, 0.1) is 0 Å². The fourth-order valence-corrected chi connectivity index (χ4v) is 3.80. The van der Waals surface area contributed by atoms with E-state index in [1.165, 1.54) is 6.92 Å². The highest BCUT2D eigenvalue weighted by Gasteiger charge is 2.66. The molecule has 126 valence electrons. The summed E-state index contributed by atoms with van der Waals surface area (Å²) in [4.78, 5) is 13.4. The minimum atomic E-state index is -3.63. The molecule has 0 aromatic carbocycles. The van der Waals surface area contributed by atoms with Crippen molar-refractivity contribution in [1.29, 1.82) is 0 Å². The van der Waals surface area contributed by atoms with Crippen molar-refractivity contribution in [3.63, 3.8) is 0 Å². The van der Waals surface area contributed by atoms with Gasteiger partial charge in [-0.25, -0.2) is 0 Å². The number of likely N-dealkylation sites (tertiary alicyclic amines) is 1. The normalized spacial score (nSPS) is 39.8. The Labute approximate surface area is 129 Å². The van der Waals surface area contributed by atoms with E-state index >= 15 is 0 Å². The number of carbonyl (C=O) groups is 1. The third-order valence-corrected chi connectivity index (χ3v) is 4.77. The van der Waals surface area contributed by atoms with Crippen LogP contribution in [-0.2, 0) is 33.3 Å². The molecule has 3 heterocycles. The van der Waals surface area contributed by atoms with Crippen LogP contribution < -0.4 is 0 Å². The molecule has 0 radical (unpaired) electrons. The molecule has 22 heavy (non-hydrogen) atoms. The van der Waals surface area contributed by atoms with Crippen molar-refractivity contribution in [2.75, 3.05) is 26.0 Å². The Morgan fingerprint density at radius 3 is 2.59 bits per heavy atom. The molecule has 3 saturated heterocycles. The number of fused-ring (bicyclic) bond motifs is 5. The maximum absolute atomic E-state index is 11.7. The third-order valence-electron chi connectivity index (χ3n) is 4.22. The van der Waals surface area contributed by atoms with Gasteiger partial charge in [-0.15, -0.1) is 0 Å². The fourth-order valence-electron chi connectivity index (χ4n) is 3.39. The standard InChI is InChI=1S/C13H21NO7S/c1-8(15)14-5-9-10-11(21-12(2,3)20-10)13(6-14,19-9)7-18-22(4,16)17/h9-11H,5-7H2,1-4H3/t9-,10-,11-,13-/m1/s1. The minimum Gasteiger partial charge on any atom is -0.360 e. The lowest BCUT2D eigenvalue weighted by Gasteiger charge is -2.42. The van der Waals surface area contributed by atoms with Gasteiger partial charge < -0.3 is 19.1 Å². The molecule has 0 aromatic heterocycles. The Morgan fingerprint density at radius 1 is 1.32 bits per heavy atom. The lowest BCUT2D eigenvalue weighted by molar-refractivity contribution is -0.232. The van der Waals surface area contributed by atoms with E-state index in [1.807, 2.05) is 0 Å². The summed E-state index contributed by atoms with van der Waals surface area (Å²) in [5.41, 5.74) is -1.03. The van der Waals surface area contributed by atoms with Crippen LogP contribution in [0.3, 0.4) is 0 Å². The second-order valence-corrected chi connectivity index (χ2v) is 8.25. The number of nitrogens with zero attached hydrogens (tertiary/aromatic N) is 1. The predicted molar refractivity (Wildman–Crippen MR) is 74.5 cm³/mol.